The van der Waals surface area contributed by atoms with Gasteiger partial charge >= 0.3 is 0 Å². The normalized spacial score (nSPS) is 12.8. The highest BCUT2D eigenvalue weighted by Crippen LogP contribution is 2.29. The quantitative estimate of drug-likeness (QED) is 0.806. The zero-order valence-corrected chi connectivity index (χ0v) is 11.2. The highest BCUT2D eigenvalue weighted by Gasteiger charge is 2.10. The lowest BCUT2D eigenvalue weighted by Crippen LogP contribution is -2.21. The molecule has 1 aromatic carbocycles. The third kappa shape index (κ3) is 3.87. The van der Waals surface area contributed by atoms with Crippen LogP contribution in [0.25, 0.3) is 0 Å². The van der Waals surface area contributed by atoms with E-state index in [-0.39, 0.29) is 6.04 Å². The molecule has 4 heteroatoms. The first-order chi connectivity index (χ1) is 7.16. The van der Waals surface area contributed by atoms with E-state index in [1.54, 1.807) is 0 Å². The van der Waals surface area contributed by atoms with Crippen LogP contribution >= 0.6 is 35.0 Å². The standard InChI is InChI=1S/C11H15Cl2NS/c1-8(14-6-7-15-2)9-4-3-5-10(12)11(9)13/h3-5,8,14H,6-7H2,1-2H3. The predicted octanol–water partition coefficient (Wildman–Crippen LogP) is 4.01. The molecule has 0 amide bonds. The molecule has 0 heterocycles. The molecule has 0 aliphatic heterocycles. The molecule has 0 fully saturated rings. The van der Waals surface area contributed by atoms with Gasteiger partial charge in [-0.05, 0) is 24.8 Å². The number of nitrogens with one attached hydrogen (secondary N) is 1. The molecule has 0 aliphatic rings. The van der Waals surface area contributed by atoms with E-state index in [1.807, 2.05) is 30.0 Å². The smallest absolute Gasteiger partial charge is 0.0639 e. The van der Waals surface area contributed by atoms with Gasteiger partial charge < -0.3 is 5.32 Å². The fourth-order valence-electron chi connectivity index (χ4n) is 1.34. The first-order valence-corrected chi connectivity index (χ1v) is 6.98. The van der Waals surface area contributed by atoms with E-state index in [9.17, 15) is 0 Å². The lowest BCUT2D eigenvalue weighted by molar-refractivity contribution is 0.601. The summed E-state index contributed by atoms with van der Waals surface area (Å²) >= 11 is 13.9. The first kappa shape index (κ1) is 13.2. The Balaban J connectivity index is 2.65. The Kier molecular flexibility index (Phi) is 5.83. The van der Waals surface area contributed by atoms with Gasteiger partial charge in [0.25, 0.3) is 0 Å². The zero-order valence-electron chi connectivity index (χ0n) is 8.89. The minimum atomic E-state index is 0.239. The van der Waals surface area contributed by atoms with Crippen molar-refractivity contribution in [1.82, 2.24) is 5.32 Å². The molecule has 15 heavy (non-hydrogen) atoms. The summed E-state index contributed by atoms with van der Waals surface area (Å²) in [7, 11) is 0. The van der Waals surface area contributed by atoms with Crippen LogP contribution in [-0.2, 0) is 0 Å². The highest BCUT2D eigenvalue weighted by atomic mass is 35.5. The summed E-state index contributed by atoms with van der Waals surface area (Å²) in [5.41, 5.74) is 1.06. The SMILES string of the molecule is CSCCNC(C)c1cccc(Cl)c1Cl. The lowest BCUT2D eigenvalue weighted by Gasteiger charge is -2.15. The number of hydrogen-bond donors (Lipinski definition) is 1. The van der Waals surface area contributed by atoms with Crippen LogP contribution in [0.15, 0.2) is 18.2 Å². The van der Waals surface area contributed by atoms with E-state index in [0.29, 0.717) is 10.0 Å². The summed E-state index contributed by atoms with van der Waals surface area (Å²) in [6.07, 6.45) is 2.10. The van der Waals surface area contributed by atoms with Crippen LogP contribution in [0.5, 0.6) is 0 Å². The molecule has 1 N–H and O–H groups in total. The molecule has 1 unspecified atom stereocenters. The van der Waals surface area contributed by atoms with E-state index in [1.165, 1.54) is 0 Å². The van der Waals surface area contributed by atoms with Gasteiger partial charge in [0.1, 0.15) is 0 Å². The fourth-order valence-corrected chi connectivity index (χ4v) is 2.14. The molecule has 84 valence electrons. The minimum absolute atomic E-state index is 0.239. The van der Waals surface area contributed by atoms with Gasteiger partial charge in [0.05, 0.1) is 10.0 Å². The van der Waals surface area contributed by atoms with Gasteiger partial charge in [-0.2, -0.15) is 11.8 Å². The third-order valence-electron chi connectivity index (χ3n) is 2.20. The van der Waals surface area contributed by atoms with Crippen LogP contribution in [0.3, 0.4) is 0 Å². The van der Waals surface area contributed by atoms with E-state index in [2.05, 4.69) is 18.5 Å². The summed E-state index contributed by atoms with van der Waals surface area (Å²) in [6, 6.07) is 5.98. The Bertz CT molecular complexity index is 317. The van der Waals surface area contributed by atoms with Gasteiger partial charge in [-0.3, -0.25) is 0 Å². The zero-order chi connectivity index (χ0) is 11.3. The van der Waals surface area contributed by atoms with Crippen LogP contribution in [0.1, 0.15) is 18.5 Å². The Morgan fingerprint density at radius 1 is 1.40 bits per heavy atom. The van der Waals surface area contributed by atoms with E-state index < -0.39 is 0 Å². The van der Waals surface area contributed by atoms with Crippen LogP contribution in [0, 0.1) is 0 Å². The van der Waals surface area contributed by atoms with Crippen molar-refractivity contribution in [2.45, 2.75) is 13.0 Å². The molecule has 1 aromatic rings. The second-order valence-electron chi connectivity index (χ2n) is 3.31. The van der Waals surface area contributed by atoms with Gasteiger partial charge in [-0.25, -0.2) is 0 Å². The number of hydrogen-bond acceptors (Lipinski definition) is 2. The van der Waals surface area contributed by atoms with E-state index >= 15 is 0 Å². The van der Waals surface area contributed by atoms with Crippen molar-refractivity contribution in [3.05, 3.63) is 33.8 Å². The van der Waals surface area contributed by atoms with Crippen LogP contribution in [0.4, 0.5) is 0 Å². The van der Waals surface area contributed by atoms with Crippen molar-refractivity contribution in [2.24, 2.45) is 0 Å². The lowest BCUT2D eigenvalue weighted by atomic mass is 10.1. The van der Waals surface area contributed by atoms with Gasteiger partial charge in [0.2, 0.25) is 0 Å². The molecule has 0 spiro atoms. The number of benzene rings is 1. The Morgan fingerprint density at radius 2 is 2.13 bits per heavy atom. The molecule has 0 saturated heterocycles. The maximum Gasteiger partial charge on any atom is 0.0639 e. The maximum absolute atomic E-state index is 6.12. The van der Waals surface area contributed by atoms with Gasteiger partial charge in [-0.15, -0.1) is 0 Å². The average Bonchev–Trinajstić information content (AvgIpc) is 2.22. The average molecular weight is 264 g/mol. The molecule has 1 rings (SSSR count). The van der Waals surface area contributed by atoms with Crippen LogP contribution in [-0.4, -0.2) is 18.6 Å². The Morgan fingerprint density at radius 3 is 2.80 bits per heavy atom. The van der Waals surface area contributed by atoms with Crippen LogP contribution in [0.2, 0.25) is 10.0 Å². The molecule has 0 saturated carbocycles. The summed E-state index contributed by atoms with van der Waals surface area (Å²) < 4.78 is 0. The van der Waals surface area contributed by atoms with E-state index in [0.717, 1.165) is 17.9 Å². The fraction of sp³-hybridized carbons (Fsp3) is 0.455. The second-order valence-corrected chi connectivity index (χ2v) is 5.08. The van der Waals surface area contributed by atoms with Crippen molar-refractivity contribution < 1.29 is 0 Å². The Labute approximate surface area is 106 Å². The summed E-state index contributed by atoms with van der Waals surface area (Å²) in [5.74, 6) is 1.10. The maximum atomic E-state index is 6.12. The summed E-state index contributed by atoms with van der Waals surface area (Å²) in [4.78, 5) is 0. The molecule has 1 nitrogen and oxygen atoms in total. The van der Waals surface area contributed by atoms with Gasteiger partial charge in [-0.1, -0.05) is 35.3 Å². The molecular weight excluding hydrogens is 249 g/mol. The Hall–Kier alpha value is 0.110. The molecule has 0 aliphatic carbocycles. The molecule has 0 bridgehead atoms. The largest absolute Gasteiger partial charge is 0.309 e. The predicted molar refractivity (Wildman–Crippen MR) is 71.3 cm³/mol. The first-order valence-electron chi connectivity index (χ1n) is 4.83. The van der Waals surface area contributed by atoms with Crippen molar-refractivity contribution in [1.29, 1.82) is 0 Å². The molecule has 1 atom stereocenters. The second kappa shape index (κ2) is 6.64. The summed E-state index contributed by atoms with van der Waals surface area (Å²) in [5, 5.41) is 4.68. The van der Waals surface area contributed by atoms with Gasteiger partial charge in [0, 0.05) is 18.3 Å². The number of rotatable bonds is 5. The number of halogens is 2. The minimum Gasteiger partial charge on any atom is -0.309 e. The number of thioether (sulfide) groups is 1. The van der Waals surface area contributed by atoms with Crippen LogP contribution < -0.4 is 5.32 Å². The van der Waals surface area contributed by atoms with E-state index in [4.69, 9.17) is 23.2 Å². The molecule has 0 aromatic heterocycles. The monoisotopic (exact) mass is 263 g/mol. The van der Waals surface area contributed by atoms with Crippen molar-refractivity contribution in [2.75, 3.05) is 18.6 Å². The summed E-state index contributed by atoms with van der Waals surface area (Å²) in [6.45, 7) is 3.07. The van der Waals surface area contributed by atoms with Crippen molar-refractivity contribution in [3.8, 4) is 0 Å². The highest BCUT2D eigenvalue weighted by molar-refractivity contribution is 7.98. The van der Waals surface area contributed by atoms with Gasteiger partial charge in [0.15, 0.2) is 0 Å². The van der Waals surface area contributed by atoms with Crippen molar-refractivity contribution >= 4 is 35.0 Å². The van der Waals surface area contributed by atoms with Crippen molar-refractivity contribution in [3.63, 3.8) is 0 Å². The molecular formula is C11H15Cl2NS. The topological polar surface area (TPSA) is 12.0 Å². The third-order valence-corrected chi connectivity index (χ3v) is 3.65. The molecule has 0 radical (unpaired) electrons.